The average Bonchev–Trinajstić information content (AvgIpc) is 3.46. The molecule has 1 atom stereocenters. The predicted octanol–water partition coefficient (Wildman–Crippen LogP) is 2.35. The first-order valence-corrected chi connectivity index (χ1v) is 11.4. The van der Waals surface area contributed by atoms with Crippen LogP contribution in [0.5, 0.6) is 0 Å². The fourth-order valence-electron chi connectivity index (χ4n) is 4.87. The number of hydrogen-bond donors (Lipinski definition) is 1. The fraction of sp³-hybridized carbons (Fsp3) is 0.571. The molecule has 5 rings (SSSR count). The number of aromatic nitrogens is 2. The third kappa shape index (κ3) is 3.65. The molecule has 0 aliphatic carbocycles. The first-order chi connectivity index (χ1) is 14.2. The number of nitrogens with one attached hydrogen (secondary N) is 1. The van der Waals surface area contributed by atoms with Gasteiger partial charge in [0.25, 0.3) is 11.5 Å². The molecule has 0 radical (unpaired) electrons. The Morgan fingerprint density at radius 3 is 2.90 bits per heavy atom. The van der Waals surface area contributed by atoms with Gasteiger partial charge in [-0.2, -0.15) is 0 Å². The second-order valence-electron chi connectivity index (χ2n) is 8.07. The van der Waals surface area contributed by atoms with Crippen molar-refractivity contribution in [3.63, 3.8) is 0 Å². The van der Waals surface area contributed by atoms with Crippen LogP contribution in [-0.2, 0) is 17.7 Å². The van der Waals surface area contributed by atoms with Gasteiger partial charge in [0.15, 0.2) is 0 Å². The molecular formula is C21H26N4O3S. The van der Waals surface area contributed by atoms with E-state index < -0.39 is 0 Å². The molecule has 1 amide bonds. The van der Waals surface area contributed by atoms with Crippen LogP contribution >= 0.6 is 11.3 Å². The van der Waals surface area contributed by atoms with Crippen LogP contribution in [0.15, 0.2) is 22.3 Å². The van der Waals surface area contributed by atoms with Crippen LogP contribution in [0.25, 0.3) is 0 Å². The molecule has 2 aromatic heterocycles. The van der Waals surface area contributed by atoms with Crippen molar-refractivity contribution in [3.8, 4) is 0 Å². The van der Waals surface area contributed by atoms with Crippen LogP contribution in [0.3, 0.4) is 0 Å². The number of nitrogens with zero attached hydrogens (tertiary/aromatic N) is 3. The lowest BCUT2D eigenvalue weighted by molar-refractivity contribution is 0.0277. The maximum atomic E-state index is 12.9. The molecule has 29 heavy (non-hydrogen) atoms. The van der Waals surface area contributed by atoms with Crippen molar-refractivity contribution in [2.75, 3.05) is 26.3 Å². The van der Waals surface area contributed by atoms with Crippen LogP contribution < -0.4 is 5.56 Å². The van der Waals surface area contributed by atoms with Gasteiger partial charge in [-0.3, -0.25) is 14.5 Å². The van der Waals surface area contributed by atoms with Gasteiger partial charge in [0.05, 0.1) is 28.7 Å². The van der Waals surface area contributed by atoms with Crippen LogP contribution in [0.2, 0.25) is 0 Å². The molecule has 154 valence electrons. The molecule has 0 spiro atoms. The first kappa shape index (κ1) is 19.0. The number of amides is 1. The Balaban J connectivity index is 1.37. The number of aromatic amines is 1. The van der Waals surface area contributed by atoms with E-state index in [1.54, 1.807) is 4.90 Å². The summed E-state index contributed by atoms with van der Waals surface area (Å²) in [6, 6.07) is 4.40. The number of rotatable bonds is 3. The highest BCUT2D eigenvalue weighted by Crippen LogP contribution is 2.34. The maximum Gasteiger partial charge on any atom is 0.264 e. The summed E-state index contributed by atoms with van der Waals surface area (Å²) in [4.78, 5) is 38.5. The monoisotopic (exact) mass is 414 g/mol. The molecule has 2 aromatic rings. The summed E-state index contributed by atoms with van der Waals surface area (Å²) >= 11 is 1.44. The smallest absolute Gasteiger partial charge is 0.264 e. The van der Waals surface area contributed by atoms with Crippen molar-refractivity contribution < 1.29 is 9.53 Å². The van der Waals surface area contributed by atoms with Crippen LogP contribution in [0, 0.1) is 0 Å². The number of likely N-dealkylation sites (tertiary alicyclic amines) is 1. The van der Waals surface area contributed by atoms with Crippen molar-refractivity contribution in [1.29, 1.82) is 0 Å². The molecule has 0 aromatic carbocycles. The summed E-state index contributed by atoms with van der Waals surface area (Å²) < 4.78 is 5.52. The molecule has 1 N–H and O–H groups in total. The molecular weight excluding hydrogens is 388 g/mol. The number of fused-ring (bicyclic) bond motifs is 1. The van der Waals surface area contributed by atoms with Gasteiger partial charge in [-0.25, -0.2) is 4.98 Å². The minimum atomic E-state index is -0.0903. The Kier molecular flexibility index (Phi) is 5.24. The highest BCUT2D eigenvalue weighted by atomic mass is 32.1. The number of thiophene rings is 1. The largest absolute Gasteiger partial charge is 0.381 e. The van der Waals surface area contributed by atoms with Gasteiger partial charge in [0.2, 0.25) is 0 Å². The molecule has 5 heterocycles. The molecule has 0 bridgehead atoms. The highest BCUT2D eigenvalue weighted by molar-refractivity contribution is 7.12. The predicted molar refractivity (Wildman–Crippen MR) is 110 cm³/mol. The van der Waals surface area contributed by atoms with E-state index in [1.807, 2.05) is 17.5 Å². The normalized spacial score (nSPS) is 23.3. The zero-order valence-electron chi connectivity index (χ0n) is 16.4. The minimum absolute atomic E-state index is 0.00406. The van der Waals surface area contributed by atoms with E-state index in [-0.39, 0.29) is 17.5 Å². The van der Waals surface area contributed by atoms with Gasteiger partial charge in [0, 0.05) is 32.2 Å². The summed E-state index contributed by atoms with van der Waals surface area (Å²) in [6.07, 6.45) is 4.89. The Morgan fingerprint density at radius 2 is 2.10 bits per heavy atom. The zero-order chi connectivity index (χ0) is 19.8. The lowest BCUT2D eigenvalue weighted by Gasteiger charge is -2.35. The lowest BCUT2D eigenvalue weighted by atomic mass is 10.0. The third-order valence-electron chi connectivity index (χ3n) is 6.38. The summed E-state index contributed by atoms with van der Waals surface area (Å²) in [5.74, 6) is 0.798. The molecule has 3 aliphatic heterocycles. The van der Waals surface area contributed by atoms with E-state index in [1.165, 1.54) is 11.3 Å². The molecule has 3 aliphatic rings. The molecule has 2 saturated heterocycles. The topological polar surface area (TPSA) is 78.5 Å². The number of H-pyrrole nitrogens is 1. The Morgan fingerprint density at radius 1 is 1.24 bits per heavy atom. The van der Waals surface area contributed by atoms with Crippen molar-refractivity contribution in [1.82, 2.24) is 19.8 Å². The van der Waals surface area contributed by atoms with E-state index >= 15 is 0 Å². The number of carbonyl (C=O) groups excluding carboxylic acids is 1. The third-order valence-corrected chi connectivity index (χ3v) is 7.23. The zero-order valence-corrected chi connectivity index (χ0v) is 17.2. The summed E-state index contributed by atoms with van der Waals surface area (Å²) in [5, 5.41) is 1.90. The molecule has 0 unspecified atom stereocenters. The van der Waals surface area contributed by atoms with Crippen molar-refractivity contribution >= 4 is 17.2 Å². The molecule has 2 fully saturated rings. The second-order valence-corrected chi connectivity index (χ2v) is 9.02. The van der Waals surface area contributed by atoms with Crippen molar-refractivity contribution in [2.24, 2.45) is 0 Å². The van der Waals surface area contributed by atoms with Gasteiger partial charge in [-0.05, 0) is 43.7 Å². The first-order valence-electron chi connectivity index (χ1n) is 10.5. The van der Waals surface area contributed by atoms with Crippen LogP contribution in [-0.4, -0.2) is 58.0 Å². The van der Waals surface area contributed by atoms with Gasteiger partial charge in [0.1, 0.15) is 5.82 Å². The Hall–Kier alpha value is -2.03. The maximum absolute atomic E-state index is 12.9. The Labute approximate surface area is 173 Å². The van der Waals surface area contributed by atoms with Crippen molar-refractivity contribution in [2.45, 2.75) is 50.7 Å². The van der Waals surface area contributed by atoms with Crippen LogP contribution in [0.1, 0.15) is 58.5 Å². The number of ether oxygens (including phenoxy) is 1. The molecule has 8 heteroatoms. The van der Waals surface area contributed by atoms with Gasteiger partial charge in [-0.1, -0.05) is 6.07 Å². The standard InChI is InChI=1S/C21H26N4O3S/c26-20-15-13-24(21(27)18-4-2-12-29-18)9-5-16(15)22-19(23-20)17-3-1-8-25(17)14-6-10-28-11-7-14/h2,4,12,14,17H,1,3,5-11,13H2,(H,22,23,26)/t17-/m1/s1. The van der Waals surface area contributed by atoms with E-state index in [2.05, 4.69) is 9.88 Å². The summed E-state index contributed by atoms with van der Waals surface area (Å²) in [6.45, 7) is 3.63. The van der Waals surface area contributed by atoms with Gasteiger partial charge in [-0.15, -0.1) is 11.3 Å². The fourth-order valence-corrected chi connectivity index (χ4v) is 5.56. The minimum Gasteiger partial charge on any atom is -0.381 e. The summed E-state index contributed by atoms with van der Waals surface area (Å²) in [7, 11) is 0. The van der Waals surface area contributed by atoms with Gasteiger partial charge >= 0.3 is 0 Å². The SMILES string of the molecule is O=C(c1cccs1)N1CCc2nc([C@H]3CCCN3C3CCOCC3)[nH]c(=O)c2C1. The van der Waals surface area contributed by atoms with Crippen LogP contribution in [0.4, 0.5) is 0 Å². The summed E-state index contributed by atoms with van der Waals surface area (Å²) in [5.41, 5.74) is 1.41. The van der Waals surface area contributed by atoms with E-state index in [9.17, 15) is 9.59 Å². The van der Waals surface area contributed by atoms with E-state index in [0.29, 0.717) is 36.0 Å². The highest BCUT2D eigenvalue weighted by Gasteiger charge is 2.35. The number of carbonyl (C=O) groups is 1. The second kappa shape index (κ2) is 8.01. The quantitative estimate of drug-likeness (QED) is 0.834. The molecule has 7 nitrogen and oxygen atoms in total. The average molecular weight is 415 g/mol. The van der Waals surface area contributed by atoms with Crippen molar-refractivity contribution in [3.05, 3.63) is 49.8 Å². The Bertz CT molecular complexity index is 936. The number of hydrogen-bond acceptors (Lipinski definition) is 6. The van der Waals surface area contributed by atoms with E-state index in [0.717, 1.165) is 57.0 Å². The molecule has 0 saturated carbocycles. The lowest BCUT2D eigenvalue weighted by Crippen LogP contribution is -2.42. The van der Waals surface area contributed by atoms with E-state index in [4.69, 9.17) is 9.72 Å². The van der Waals surface area contributed by atoms with Gasteiger partial charge < -0.3 is 14.6 Å².